The summed E-state index contributed by atoms with van der Waals surface area (Å²) in [6.45, 7) is 4.60. The fourth-order valence-electron chi connectivity index (χ4n) is 5.81. The number of aryl methyl sites for hydroxylation is 1. The number of methoxy groups -OCH3 is 1. The number of carbonyl (C=O) groups excluding carboxylic acids is 2. The minimum absolute atomic E-state index is 0.0180. The van der Waals surface area contributed by atoms with Gasteiger partial charge in [-0.25, -0.2) is 16.8 Å². The average Bonchev–Trinajstić information content (AvgIpc) is 3.69. The molecule has 3 heterocycles. The monoisotopic (exact) mass is 700 g/mol. The van der Waals surface area contributed by atoms with E-state index >= 15 is 4.39 Å². The van der Waals surface area contributed by atoms with Gasteiger partial charge >= 0.3 is 0 Å². The quantitative estimate of drug-likeness (QED) is 0.175. The molecule has 260 valence electrons. The Labute approximate surface area is 289 Å². The van der Waals surface area contributed by atoms with Gasteiger partial charge in [0, 0.05) is 25.0 Å². The molecule has 0 spiro atoms. The van der Waals surface area contributed by atoms with E-state index in [1.54, 1.807) is 34.9 Å². The number of aromatic nitrogens is 3. The Hall–Kier alpha value is -5.54. The maximum absolute atomic E-state index is 15.1. The van der Waals surface area contributed by atoms with Crippen molar-refractivity contribution in [1.82, 2.24) is 24.2 Å². The van der Waals surface area contributed by atoms with Crippen molar-refractivity contribution in [2.24, 2.45) is 0 Å². The number of nitrogens with zero attached hydrogens (tertiary/aromatic N) is 5. The Morgan fingerprint density at radius 3 is 2.48 bits per heavy atom. The zero-order valence-corrected chi connectivity index (χ0v) is 29.1. The number of ether oxygens (including phenoxy) is 1. The minimum atomic E-state index is -4.13. The SMILES string of the molecule is CCNC(=O)c1c(F)cccc1Nc1nc(Nc2cc3c(cc2OC)CCN3C(=O)CN(C)C)nc2c1ccn2S(=O)(=O)c1ccc(C)cc1. The number of carbonyl (C=O) groups is 2. The van der Waals surface area contributed by atoms with Gasteiger partial charge in [0.2, 0.25) is 11.9 Å². The summed E-state index contributed by atoms with van der Waals surface area (Å²) in [4.78, 5) is 38.8. The molecule has 5 aromatic rings. The van der Waals surface area contributed by atoms with Gasteiger partial charge in [-0.2, -0.15) is 9.97 Å². The molecule has 1 aliphatic heterocycles. The van der Waals surface area contributed by atoms with Crippen LogP contribution in [-0.2, 0) is 21.2 Å². The van der Waals surface area contributed by atoms with Gasteiger partial charge in [0.05, 0.1) is 40.9 Å². The predicted molar refractivity (Wildman–Crippen MR) is 190 cm³/mol. The van der Waals surface area contributed by atoms with Crippen molar-refractivity contribution in [3.63, 3.8) is 0 Å². The van der Waals surface area contributed by atoms with E-state index < -0.39 is 21.7 Å². The molecule has 0 saturated heterocycles. The zero-order valence-electron chi connectivity index (χ0n) is 28.2. The average molecular weight is 701 g/mol. The van der Waals surface area contributed by atoms with Gasteiger partial charge in [0.15, 0.2) is 5.65 Å². The highest BCUT2D eigenvalue weighted by Crippen LogP contribution is 2.39. The molecule has 0 unspecified atom stereocenters. The van der Waals surface area contributed by atoms with E-state index in [-0.39, 0.29) is 52.6 Å². The van der Waals surface area contributed by atoms with Crippen LogP contribution in [-0.4, -0.2) is 79.9 Å². The number of nitrogens with one attached hydrogen (secondary N) is 3. The van der Waals surface area contributed by atoms with Crippen LogP contribution in [0.15, 0.2) is 71.8 Å². The zero-order chi connectivity index (χ0) is 35.7. The number of likely N-dealkylation sites (N-methyl/N-ethyl adjacent to an activating group) is 1. The number of amides is 2. The highest BCUT2D eigenvalue weighted by atomic mass is 32.2. The van der Waals surface area contributed by atoms with Crippen LogP contribution in [0.2, 0.25) is 0 Å². The lowest BCUT2D eigenvalue weighted by atomic mass is 10.1. The van der Waals surface area contributed by atoms with Crippen molar-refractivity contribution in [1.29, 1.82) is 0 Å². The third kappa shape index (κ3) is 6.56. The van der Waals surface area contributed by atoms with Gasteiger partial charge in [-0.05, 0) is 82.4 Å². The van der Waals surface area contributed by atoms with Crippen molar-refractivity contribution in [2.45, 2.75) is 25.2 Å². The molecule has 2 aromatic heterocycles. The number of rotatable bonds is 11. The van der Waals surface area contributed by atoms with Crippen LogP contribution in [0.4, 0.5) is 33.2 Å². The summed E-state index contributed by atoms with van der Waals surface area (Å²) in [6.07, 6.45) is 2.01. The molecule has 3 N–H and O–H groups in total. The molecular formula is C35H37FN8O5S. The number of hydrogen-bond acceptors (Lipinski definition) is 10. The molecule has 50 heavy (non-hydrogen) atoms. The van der Waals surface area contributed by atoms with E-state index in [4.69, 9.17) is 4.74 Å². The lowest BCUT2D eigenvalue weighted by Crippen LogP contribution is -2.36. The van der Waals surface area contributed by atoms with Gasteiger partial charge in [-0.3, -0.25) is 9.59 Å². The molecule has 0 radical (unpaired) electrons. The standard InChI is InChI=1S/C35H37FN8O5S/c1-6-37-34(46)31-25(36)8-7-9-26(31)38-32-24-15-17-44(50(47,48)23-12-10-21(2)11-13-23)33(24)41-35(40-32)39-27-19-28-22(18-29(27)49-5)14-16-43(28)30(45)20-42(3)4/h7-13,15,17-19H,6,14,16,20H2,1-5H3,(H,37,46)(H2,38,39,40,41). The fraction of sp³-hybridized carbons (Fsp3) is 0.257. The number of fused-ring (bicyclic) bond motifs is 2. The Balaban J connectivity index is 1.50. The molecule has 6 rings (SSSR count). The Bertz CT molecular complexity index is 2220. The van der Waals surface area contributed by atoms with E-state index in [0.29, 0.717) is 35.5 Å². The fourth-order valence-corrected chi connectivity index (χ4v) is 7.11. The predicted octanol–water partition coefficient (Wildman–Crippen LogP) is 4.81. The first-order valence-electron chi connectivity index (χ1n) is 15.9. The van der Waals surface area contributed by atoms with Crippen LogP contribution in [0.3, 0.4) is 0 Å². The van der Waals surface area contributed by atoms with Crippen LogP contribution >= 0.6 is 0 Å². The number of benzene rings is 3. The molecule has 15 heteroatoms. The maximum Gasteiger partial charge on any atom is 0.269 e. The summed E-state index contributed by atoms with van der Waals surface area (Å²) in [5.41, 5.74) is 2.85. The van der Waals surface area contributed by atoms with Crippen molar-refractivity contribution >= 4 is 61.7 Å². The van der Waals surface area contributed by atoms with Crippen LogP contribution in [0.1, 0.15) is 28.4 Å². The molecule has 0 bridgehead atoms. The van der Waals surface area contributed by atoms with Crippen LogP contribution in [0, 0.1) is 12.7 Å². The normalized spacial score (nSPS) is 12.7. The summed E-state index contributed by atoms with van der Waals surface area (Å²) in [5.74, 6) is -0.916. The van der Waals surface area contributed by atoms with E-state index in [9.17, 15) is 18.0 Å². The number of halogens is 1. The van der Waals surface area contributed by atoms with Gasteiger partial charge < -0.3 is 30.5 Å². The highest BCUT2D eigenvalue weighted by molar-refractivity contribution is 7.90. The summed E-state index contributed by atoms with van der Waals surface area (Å²) in [6, 6.07) is 15.7. The third-order valence-corrected chi connectivity index (χ3v) is 9.90. The van der Waals surface area contributed by atoms with Gasteiger partial charge in [0.25, 0.3) is 15.9 Å². The molecule has 1 aliphatic rings. The second-order valence-corrected chi connectivity index (χ2v) is 13.9. The van der Waals surface area contributed by atoms with Crippen molar-refractivity contribution in [2.75, 3.05) is 56.4 Å². The van der Waals surface area contributed by atoms with E-state index in [2.05, 4.69) is 25.9 Å². The summed E-state index contributed by atoms with van der Waals surface area (Å²) in [7, 11) is 1.04. The first-order chi connectivity index (χ1) is 23.9. The molecule has 0 atom stereocenters. The molecule has 0 aliphatic carbocycles. The topological polar surface area (TPSA) is 151 Å². The molecule has 13 nitrogen and oxygen atoms in total. The minimum Gasteiger partial charge on any atom is -0.495 e. The smallest absolute Gasteiger partial charge is 0.269 e. The number of anilines is 5. The second kappa shape index (κ2) is 13.8. The lowest BCUT2D eigenvalue weighted by molar-refractivity contribution is -0.119. The van der Waals surface area contributed by atoms with Gasteiger partial charge in [0.1, 0.15) is 17.4 Å². The number of hydrogen-bond donors (Lipinski definition) is 3. The van der Waals surface area contributed by atoms with Crippen molar-refractivity contribution < 1.29 is 27.1 Å². The molecule has 2 amide bonds. The highest BCUT2D eigenvalue weighted by Gasteiger charge is 2.28. The largest absolute Gasteiger partial charge is 0.495 e. The van der Waals surface area contributed by atoms with E-state index in [1.165, 1.54) is 49.7 Å². The molecule has 0 saturated carbocycles. The Morgan fingerprint density at radius 2 is 1.78 bits per heavy atom. The first-order valence-corrected chi connectivity index (χ1v) is 17.3. The van der Waals surface area contributed by atoms with Crippen LogP contribution in [0.25, 0.3) is 11.0 Å². The molecular weight excluding hydrogens is 664 g/mol. The van der Waals surface area contributed by atoms with Crippen molar-refractivity contribution in [3.05, 3.63) is 89.4 Å². The van der Waals surface area contributed by atoms with Crippen LogP contribution < -0.4 is 25.6 Å². The van der Waals surface area contributed by atoms with Crippen molar-refractivity contribution in [3.8, 4) is 5.75 Å². The third-order valence-electron chi connectivity index (χ3n) is 8.22. The molecule has 3 aromatic carbocycles. The van der Waals surface area contributed by atoms with E-state index in [0.717, 1.165) is 15.1 Å². The second-order valence-electron chi connectivity index (χ2n) is 12.0. The summed E-state index contributed by atoms with van der Waals surface area (Å²) >= 11 is 0. The lowest BCUT2D eigenvalue weighted by Gasteiger charge is -2.21. The first kappa shape index (κ1) is 34.3. The Kier molecular flexibility index (Phi) is 9.45. The maximum atomic E-state index is 15.1. The van der Waals surface area contributed by atoms with Crippen LogP contribution in [0.5, 0.6) is 5.75 Å². The molecule has 0 fully saturated rings. The Morgan fingerprint density at radius 1 is 1.02 bits per heavy atom. The summed E-state index contributed by atoms with van der Waals surface area (Å²) in [5, 5.41) is 9.12. The van der Waals surface area contributed by atoms with Gasteiger partial charge in [-0.1, -0.05) is 23.8 Å². The van der Waals surface area contributed by atoms with E-state index in [1.807, 2.05) is 27.1 Å². The summed E-state index contributed by atoms with van der Waals surface area (Å²) < 4.78 is 49.6. The van der Waals surface area contributed by atoms with Gasteiger partial charge in [-0.15, -0.1) is 0 Å².